The summed E-state index contributed by atoms with van der Waals surface area (Å²) in [6.07, 6.45) is 0.942. The minimum atomic E-state index is -0.888. The van der Waals surface area contributed by atoms with Crippen molar-refractivity contribution in [2.75, 3.05) is 0 Å². The molecular weight excluding hydrogens is 288 g/mol. The van der Waals surface area contributed by atoms with Crippen LogP contribution in [0.2, 0.25) is 0 Å². The Bertz CT molecular complexity index is 592. The minimum absolute atomic E-state index is 0.0151. The molecule has 0 unspecified atom stereocenters. The van der Waals surface area contributed by atoms with Gasteiger partial charge in [0.05, 0.1) is 16.5 Å². The number of aldehydes is 1. The van der Waals surface area contributed by atoms with Crippen molar-refractivity contribution in [2.45, 2.75) is 12.8 Å². The van der Waals surface area contributed by atoms with Crippen molar-refractivity contribution < 1.29 is 14.7 Å². The first-order chi connectivity index (χ1) is 8.13. The van der Waals surface area contributed by atoms with Crippen LogP contribution in [0.15, 0.2) is 22.8 Å². The Kier molecular flexibility index (Phi) is 3.23. The van der Waals surface area contributed by atoms with E-state index in [2.05, 4.69) is 20.9 Å². The zero-order chi connectivity index (χ0) is 12.4. The van der Waals surface area contributed by atoms with Gasteiger partial charge in [0.15, 0.2) is 6.29 Å². The number of aryl methyl sites for hydroxylation is 1. The van der Waals surface area contributed by atoms with Gasteiger partial charge in [0.2, 0.25) is 0 Å². The van der Waals surface area contributed by atoms with Crippen LogP contribution in [-0.4, -0.2) is 26.7 Å². The number of imidazole rings is 1. The molecule has 0 saturated carbocycles. The third kappa shape index (κ3) is 2.21. The standard InChI is InChI=1S/C11H9BrN2O3/c12-9-3-1-2-8-7(6-15)13-10(14(8)9)4-5-11(16)17/h1-3,6H,4-5H2,(H,16,17). The minimum Gasteiger partial charge on any atom is -0.481 e. The number of fused-ring (bicyclic) bond motifs is 1. The van der Waals surface area contributed by atoms with Gasteiger partial charge in [-0.15, -0.1) is 0 Å². The average molecular weight is 297 g/mol. The Morgan fingerprint density at radius 3 is 2.94 bits per heavy atom. The lowest BCUT2D eigenvalue weighted by Gasteiger charge is -2.02. The first-order valence-electron chi connectivity index (χ1n) is 4.96. The molecule has 5 nitrogen and oxygen atoms in total. The number of carbonyl (C=O) groups excluding carboxylic acids is 1. The summed E-state index contributed by atoms with van der Waals surface area (Å²) < 4.78 is 2.49. The fourth-order valence-corrected chi connectivity index (χ4v) is 2.21. The van der Waals surface area contributed by atoms with Crippen LogP contribution < -0.4 is 0 Å². The number of aromatic nitrogens is 2. The second-order valence-corrected chi connectivity index (χ2v) is 4.31. The van der Waals surface area contributed by atoms with Crippen LogP contribution in [0.4, 0.5) is 0 Å². The highest BCUT2D eigenvalue weighted by atomic mass is 79.9. The molecule has 0 radical (unpaired) electrons. The van der Waals surface area contributed by atoms with Crippen molar-refractivity contribution in [3.63, 3.8) is 0 Å². The fraction of sp³-hybridized carbons (Fsp3) is 0.182. The molecule has 2 heterocycles. The molecule has 2 aromatic rings. The van der Waals surface area contributed by atoms with Crippen LogP contribution in [0.1, 0.15) is 22.7 Å². The van der Waals surface area contributed by atoms with Crippen LogP contribution in [0.3, 0.4) is 0 Å². The lowest BCUT2D eigenvalue weighted by Crippen LogP contribution is -2.02. The van der Waals surface area contributed by atoms with Crippen molar-refractivity contribution in [1.82, 2.24) is 9.38 Å². The largest absolute Gasteiger partial charge is 0.481 e. The second kappa shape index (κ2) is 4.67. The lowest BCUT2D eigenvalue weighted by molar-refractivity contribution is -0.137. The molecule has 17 heavy (non-hydrogen) atoms. The molecule has 0 aliphatic carbocycles. The number of carboxylic acid groups (broad SMARTS) is 1. The van der Waals surface area contributed by atoms with E-state index < -0.39 is 5.97 Å². The molecule has 0 spiro atoms. The molecule has 0 atom stereocenters. The van der Waals surface area contributed by atoms with E-state index in [1.165, 1.54) is 0 Å². The molecule has 2 rings (SSSR count). The normalized spacial score (nSPS) is 10.6. The van der Waals surface area contributed by atoms with Crippen LogP contribution >= 0.6 is 15.9 Å². The summed E-state index contributed by atoms with van der Waals surface area (Å²) in [5.74, 6) is -0.321. The summed E-state index contributed by atoms with van der Waals surface area (Å²) in [6.45, 7) is 0. The molecule has 6 heteroatoms. The molecule has 2 aromatic heterocycles. The zero-order valence-electron chi connectivity index (χ0n) is 8.76. The summed E-state index contributed by atoms with van der Waals surface area (Å²) >= 11 is 3.36. The van der Waals surface area contributed by atoms with E-state index in [4.69, 9.17) is 5.11 Å². The van der Waals surface area contributed by atoms with Gasteiger partial charge in [-0.05, 0) is 28.1 Å². The summed E-state index contributed by atoms with van der Waals surface area (Å²) in [4.78, 5) is 25.6. The van der Waals surface area contributed by atoms with Gasteiger partial charge in [0.25, 0.3) is 0 Å². The Labute approximate surface area is 105 Å². The highest BCUT2D eigenvalue weighted by Crippen LogP contribution is 2.19. The van der Waals surface area contributed by atoms with Gasteiger partial charge in [0, 0.05) is 6.42 Å². The SMILES string of the molecule is O=Cc1nc(CCC(=O)O)n2c(Br)cccc12. The summed E-state index contributed by atoms with van der Waals surface area (Å²) in [7, 11) is 0. The van der Waals surface area contributed by atoms with Crippen LogP contribution in [-0.2, 0) is 11.2 Å². The molecule has 0 saturated heterocycles. The fourth-order valence-electron chi connectivity index (χ4n) is 1.66. The number of carboxylic acids is 1. The van der Waals surface area contributed by atoms with E-state index in [9.17, 15) is 9.59 Å². The van der Waals surface area contributed by atoms with Crippen molar-refractivity contribution in [1.29, 1.82) is 0 Å². The second-order valence-electron chi connectivity index (χ2n) is 3.49. The van der Waals surface area contributed by atoms with E-state index >= 15 is 0 Å². The first-order valence-corrected chi connectivity index (χ1v) is 5.75. The molecule has 0 amide bonds. The molecule has 0 aromatic carbocycles. The molecule has 0 bridgehead atoms. The number of hydrogen-bond donors (Lipinski definition) is 1. The quantitative estimate of drug-likeness (QED) is 0.691. The average Bonchev–Trinajstić information content (AvgIpc) is 2.66. The Balaban J connectivity index is 2.54. The maximum atomic E-state index is 10.9. The molecule has 0 aliphatic rings. The predicted octanol–water partition coefficient (Wildman–Crippen LogP) is 1.93. The van der Waals surface area contributed by atoms with Crippen LogP contribution in [0, 0.1) is 0 Å². The molecule has 0 aliphatic heterocycles. The third-order valence-electron chi connectivity index (χ3n) is 2.39. The molecule has 1 N–H and O–H groups in total. The highest BCUT2D eigenvalue weighted by molar-refractivity contribution is 9.10. The van der Waals surface area contributed by atoms with Gasteiger partial charge in [0.1, 0.15) is 11.5 Å². The van der Waals surface area contributed by atoms with Gasteiger partial charge < -0.3 is 5.11 Å². The van der Waals surface area contributed by atoms with E-state index in [1.54, 1.807) is 16.5 Å². The van der Waals surface area contributed by atoms with Crippen LogP contribution in [0.5, 0.6) is 0 Å². The van der Waals surface area contributed by atoms with Gasteiger partial charge in [-0.2, -0.15) is 0 Å². The van der Waals surface area contributed by atoms with Crippen molar-refractivity contribution in [2.24, 2.45) is 0 Å². The first kappa shape index (κ1) is 11.8. The summed E-state index contributed by atoms with van der Waals surface area (Å²) in [5.41, 5.74) is 1.00. The van der Waals surface area contributed by atoms with E-state index in [-0.39, 0.29) is 12.8 Å². The van der Waals surface area contributed by atoms with Gasteiger partial charge in [-0.1, -0.05) is 6.07 Å². The summed E-state index contributed by atoms with van der Waals surface area (Å²) in [5, 5.41) is 8.66. The number of halogens is 1. The predicted molar refractivity (Wildman–Crippen MR) is 64.2 cm³/mol. The van der Waals surface area contributed by atoms with Gasteiger partial charge in [-0.25, -0.2) is 4.98 Å². The number of carbonyl (C=O) groups is 2. The van der Waals surface area contributed by atoms with Crippen molar-refractivity contribution in [3.05, 3.63) is 34.3 Å². The Morgan fingerprint density at radius 2 is 2.29 bits per heavy atom. The highest BCUT2D eigenvalue weighted by Gasteiger charge is 2.13. The van der Waals surface area contributed by atoms with Crippen LogP contribution in [0.25, 0.3) is 5.52 Å². The number of aliphatic carboxylic acids is 1. The van der Waals surface area contributed by atoms with E-state index in [1.807, 2.05) is 6.07 Å². The summed E-state index contributed by atoms with van der Waals surface area (Å²) in [6, 6.07) is 5.38. The number of hydrogen-bond acceptors (Lipinski definition) is 3. The maximum absolute atomic E-state index is 10.9. The topological polar surface area (TPSA) is 71.7 Å². The maximum Gasteiger partial charge on any atom is 0.303 e. The number of pyridine rings is 1. The monoisotopic (exact) mass is 296 g/mol. The smallest absolute Gasteiger partial charge is 0.303 e. The third-order valence-corrected chi connectivity index (χ3v) is 3.01. The molecule has 88 valence electrons. The van der Waals surface area contributed by atoms with Crippen molar-refractivity contribution >= 4 is 33.7 Å². The zero-order valence-corrected chi connectivity index (χ0v) is 10.3. The number of nitrogens with zero attached hydrogens (tertiary/aromatic N) is 2. The number of rotatable bonds is 4. The Morgan fingerprint density at radius 1 is 1.53 bits per heavy atom. The van der Waals surface area contributed by atoms with E-state index in [0.717, 1.165) is 4.60 Å². The van der Waals surface area contributed by atoms with Gasteiger partial charge in [-0.3, -0.25) is 14.0 Å². The van der Waals surface area contributed by atoms with Gasteiger partial charge >= 0.3 is 5.97 Å². The van der Waals surface area contributed by atoms with E-state index in [0.29, 0.717) is 23.3 Å². The molecular formula is C11H9BrN2O3. The molecule has 0 fully saturated rings. The Hall–Kier alpha value is -1.69. The van der Waals surface area contributed by atoms with Crippen molar-refractivity contribution in [3.8, 4) is 0 Å². The lowest BCUT2D eigenvalue weighted by atomic mass is 10.3.